The van der Waals surface area contributed by atoms with Crippen LogP contribution >= 0.6 is 11.3 Å². The molecular weight excluding hydrogens is 326 g/mol. The first kappa shape index (κ1) is 17.1. The molecule has 2 aromatic heterocycles. The average molecular weight is 349 g/mol. The van der Waals surface area contributed by atoms with Crippen molar-refractivity contribution in [3.8, 4) is 0 Å². The fraction of sp³-hybridized carbons (Fsp3) is 0.562. The Labute approximate surface area is 145 Å². The molecule has 1 aliphatic rings. The number of hydrogen-bond acceptors (Lipinski definition) is 6. The molecule has 0 spiro atoms. The van der Waals surface area contributed by atoms with Crippen molar-refractivity contribution in [2.75, 3.05) is 20.6 Å². The van der Waals surface area contributed by atoms with Gasteiger partial charge in [0.15, 0.2) is 0 Å². The summed E-state index contributed by atoms with van der Waals surface area (Å²) in [5.74, 6) is -0.103. The predicted octanol–water partition coefficient (Wildman–Crippen LogP) is 1.18. The van der Waals surface area contributed by atoms with Crippen molar-refractivity contribution in [2.45, 2.75) is 39.1 Å². The first-order valence-electron chi connectivity index (χ1n) is 8.00. The third-order valence-corrected chi connectivity index (χ3v) is 5.12. The number of nitrogens with zero attached hydrogens (tertiary/aromatic N) is 5. The van der Waals surface area contributed by atoms with Gasteiger partial charge in [0.1, 0.15) is 6.10 Å². The van der Waals surface area contributed by atoms with E-state index < -0.39 is 6.10 Å². The van der Waals surface area contributed by atoms with Crippen molar-refractivity contribution in [2.24, 2.45) is 0 Å². The maximum absolute atomic E-state index is 11.7. The summed E-state index contributed by atoms with van der Waals surface area (Å²) in [7, 11) is 3.37. The first-order valence-corrected chi connectivity index (χ1v) is 8.88. The molecule has 1 N–H and O–H groups in total. The van der Waals surface area contributed by atoms with Crippen LogP contribution in [0.5, 0.6) is 0 Å². The maximum Gasteiger partial charge on any atom is 0.225 e. The molecule has 0 bridgehead atoms. The first-order chi connectivity index (χ1) is 11.4. The van der Waals surface area contributed by atoms with Crippen LogP contribution in [-0.2, 0) is 24.4 Å². The van der Waals surface area contributed by atoms with Crippen LogP contribution in [0.3, 0.4) is 0 Å². The summed E-state index contributed by atoms with van der Waals surface area (Å²) in [6.07, 6.45) is -0.794. The molecule has 130 valence electrons. The number of carbonyl (C=O) groups is 1. The van der Waals surface area contributed by atoms with E-state index in [4.69, 9.17) is 0 Å². The molecule has 0 aromatic carbocycles. The van der Waals surface area contributed by atoms with Crippen LogP contribution in [0.25, 0.3) is 0 Å². The summed E-state index contributed by atoms with van der Waals surface area (Å²) < 4.78 is 1.93. The molecule has 2 aromatic rings. The Morgan fingerprint density at radius 3 is 2.92 bits per heavy atom. The van der Waals surface area contributed by atoms with Gasteiger partial charge < -0.3 is 10.0 Å². The van der Waals surface area contributed by atoms with Gasteiger partial charge in [0.05, 0.1) is 35.6 Å². The lowest BCUT2D eigenvalue weighted by Crippen LogP contribution is -2.33. The number of aliphatic hydroxyl groups is 1. The Kier molecular flexibility index (Phi) is 4.98. The molecule has 0 saturated heterocycles. The number of hydrogen-bond donors (Lipinski definition) is 1. The van der Waals surface area contributed by atoms with E-state index in [0.717, 1.165) is 37.6 Å². The number of aryl methyl sites for hydroxylation is 1. The van der Waals surface area contributed by atoms with E-state index in [2.05, 4.69) is 21.9 Å². The van der Waals surface area contributed by atoms with Gasteiger partial charge in [0.2, 0.25) is 5.91 Å². The molecule has 0 saturated carbocycles. The Morgan fingerprint density at radius 2 is 2.25 bits per heavy atom. The lowest BCUT2D eigenvalue weighted by Gasteiger charge is -2.26. The maximum atomic E-state index is 11.7. The van der Waals surface area contributed by atoms with Crippen molar-refractivity contribution in [1.82, 2.24) is 24.6 Å². The van der Waals surface area contributed by atoms with Gasteiger partial charge in [-0.1, -0.05) is 0 Å². The lowest BCUT2D eigenvalue weighted by atomic mass is 10.1. The van der Waals surface area contributed by atoms with E-state index >= 15 is 0 Å². The third kappa shape index (κ3) is 3.66. The summed E-state index contributed by atoms with van der Waals surface area (Å²) >= 11 is 1.67. The van der Waals surface area contributed by atoms with Gasteiger partial charge in [0, 0.05) is 38.6 Å². The van der Waals surface area contributed by atoms with Gasteiger partial charge >= 0.3 is 0 Å². The van der Waals surface area contributed by atoms with Gasteiger partial charge in [-0.25, -0.2) is 4.98 Å². The number of rotatable bonds is 5. The number of thiazole rings is 1. The molecule has 3 rings (SSSR count). The zero-order valence-electron chi connectivity index (χ0n) is 14.3. The van der Waals surface area contributed by atoms with Crippen LogP contribution in [0.2, 0.25) is 0 Å². The Bertz CT molecular complexity index is 724. The minimum Gasteiger partial charge on any atom is -0.386 e. The highest BCUT2D eigenvalue weighted by Gasteiger charge is 2.23. The second kappa shape index (κ2) is 7.00. The molecule has 0 radical (unpaired) electrons. The summed E-state index contributed by atoms with van der Waals surface area (Å²) in [6, 6.07) is 1.91. The van der Waals surface area contributed by atoms with E-state index in [-0.39, 0.29) is 12.3 Å². The van der Waals surface area contributed by atoms with Crippen molar-refractivity contribution < 1.29 is 9.90 Å². The smallest absolute Gasteiger partial charge is 0.225 e. The van der Waals surface area contributed by atoms with Gasteiger partial charge in [-0.15, -0.1) is 11.3 Å². The Balaban J connectivity index is 1.66. The quantitative estimate of drug-likeness (QED) is 0.877. The SMILES string of the molecule is Cc1scnc1CN1CCn2nc(C(O)CC(=O)N(C)C)cc2C1. The monoisotopic (exact) mass is 349 g/mol. The van der Waals surface area contributed by atoms with E-state index in [9.17, 15) is 9.90 Å². The number of fused-ring (bicyclic) bond motifs is 1. The van der Waals surface area contributed by atoms with E-state index in [1.807, 2.05) is 16.3 Å². The summed E-state index contributed by atoms with van der Waals surface area (Å²) in [4.78, 5) is 21.2. The van der Waals surface area contributed by atoms with Crippen molar-refractivity contribution in [3.63, 3.8) is 0 Å². The zero-order chi connectivity index (χ0) is 17.3. The second-order valence-corrected chi connectivity index (χ2v) is 7.42. The van der Waals surface area contributed by atoms with Crippen molar-refractivity contribution in [3.05, 3.63) is 33.5 Å². The molecule has 0 fully saturated rings. The predicted molar refractivity (Wildman–Crippen MR) is 91.5 cm³/mol. The number of amides is 1. The molecule has 1 amide bonds. The van der Waals surface area contributed by atoms with Crippen LogP contribution in [-0.4, -0.2) is 56.2 Å². The van der Waals surface area contributed by atoms with Crippen LogP contribution in [0, 0.1) is 6.92 Å². The molecule has 0 aliphatic carbocycles. The lowest BCUT2D eigenvalue weighted by molar-refractivity contribution is -0.130. The van der Waals surface area contributed by atoms with E-state index in [1.165, 1.54) is 9.78 Å². The molecule has 1 atom stereocenters. The number of carbonyl (C=O) groups excluding carboxylic acids is 1. The van der Waals surface area contributed by atoms with Crippen LogP contribution in [0.15, 0.2) is 11.6 Å². The topological polar surface area (TPSA) is 74.5 Å². The minimum atomic E-state index is -0.854. The summed E-state index contributed by atoms with van der Waals surface area (Å²) in [5.41, 5.74) is 4.66. The summed E-state index contributed by atoms with van der Waals surface area (Å²) in [5, 5.41) is 14.7. The highest BCUT2D eigenvalue weighted by atomic mass is 32.1. The molecule has 1 unspecified atom stereocenters. The largest absolute Gasteiger partial charge is 0.386 e. The standard InChI is InChI=1S/C16H23N5O2S/c1-11-14(17-10-24-11)9-20-4-5-21-12(8-20)6-13(18-21)15(22)7-16(23)19(2)3/h6,10,15,22H,4-5,7-9H2,1-3H3. The third-order valence-electron chi connectivity index (χ3n) is 4.32. The molecule has 24 heavy (non-hydrogen) atoms. The highest BCUT2D eigenvalue weighted by molar-refractivity contribution is 7.09. The van der Waals surface area contributed by atoms with Crippen molar-refractivity contribution in [1.29, 1.82) is 0 Å². The highest BCUT2D eigenvalue weighted by Crippen LogP contribution is 2.22. The molecule has 3 heterocycles. The average Bonchev–Trinajstić information content (AvgIpc) is 3.13. The van der Waals surface area contributed by atoms with Gasteiger partial charge in [-0.05, 0) is 13.0 Å². The fourth-order valence-corrected chi connectivity index (χ4v) is 3.38. The van der Waals surface area contributed by atoms with E-state index in [1.54, 1.807) is 25.4 Å². The Morgan fingerprint density at radius 1 is 1.46 bits per heavy atom. The van der Waals surface area contributed by atoms with Crippen LogP contribution < -0.4 is 0 Å². The van der Waals surface area contributed by atoms with Gasteiger partial charge in [-0.2, -0.15) is 5.10 Å². The van der Waals surface area contributed by atoms with Crippen LogP contribution in [0.4, 0.5) is 0 Å². The minimum absolute atomic E-state index is 0.0607. The fourth-order valence-electron chi connectivity index (χ4n) is 2.79. The summed E-state index contributed by atoms with van der Waals surface area (Å²) in [6.45, 7) is 5.39. The number of aliphatic hydroxyl groups excluding tert-OH is 1. The Hall–Kier alpha value is -1.77. The van der Waals surface area contributed by atoms with Crippen molar-refractivity contribution >= 4 is 17.2 Å². The molecule has 7 nitrogen and oxygen atoms in total. The molecular formula is C16H23N5O2S. The number of aromatic nitrogens is 3. The van der Waals surface area contributed by atoms with Gasteiger partial charge in [-0.3, -0.25) is 14.4 Å². The molecule has 1 aliphatic heterocycles. The van der Waals surface area contributed by atoms with E-state index in [0.29, 0.717) is 5.69 Å². The second-order valence-electron chi connectivity index (χ2n) is 6.36. The zero-order valence-corrected chi connectivity index (χ0v) is 15.1. The van der Waals surface area contributed by atoms with Gasteiger partial charge in [0.25, 0.3) is 0 Å². The normalized spacial score (nSPS) is 16.0. The van der Waals surface area contributed by atoms with Crippen LogP contribution in [0.1, 0.15) is 34.5 Å². The molecule has 8 heteroatoms.